The minimum Gasteiger partial charge on any atom is -0.484 e. The molecule has 0 unspecified atom stereocenters. The van der Waals surface area contributed by atoms with Gasteiger partial charge in [-0.05, 0) is 17.7 Å². The molecule has 2 aromatic rings. The van der Waals surface area contributed by atoms with Crippen LogP contribution in [0.25, 0.3) is 0 Å². The molecule has 0 saturated heterocycles. The quantitative estimate of drug-likeness (QED) is 0.809. The first-order valence-corrected chi connectivity index (χ1v) is 6.70. The molecule has 0 aliphatic rings. The largest absolute Gasteiger partial charge is 0.484 e. The molecule has 2 rings (SSSR count). The lowest BCUT2D eigenvalue weighted by Gasteiger charge is -2.09. The number of hydrogen-bond donors (Lipinski definition) is 0. The predicted molar refractivity (Wildman–Crippen MR) is 75.3 cm³/mol. The normalized spacial score (nSPS) is 11.7. The highest BCUT2D eigenvalue weighted by Crippen LogP contribution is 2.19. The van der Waals surface area contributed by atoms with Gasteiger partial charge in [-0.1, -0.05) is 12.1 Å². The van der Waals surface area contributed by atoms with Crippen molar-refractivity contribution in [2.75, 3.05) is 13.7 Å². The van der Waals surface area contributed by atoms with Crippen molar-refractivity contribution in [3.63, 3.8) is 0 Å². The second-order valence-electron chi connectivity index (χ2n) is 4.90. The third-order valence-corrected chi connectivity index (χ3v) is 3.06. The number of rotatable bonds is 6. The van der Waals surface area contributed by atoms with Crippen LogP contribution in [0.3, 0.4) is 0 Å². The van der Waals surface area contributed by atoms with E-state index in [0.717, 1.165) is 0 Å². The van der Waals surface area contributed by atoms with E-state index in [9.17, 15) is 18.0 Å². The fourth-order valence-corrected chi connectivity index (χ4v) is 1.92. The molecule has 0 bridgehead atoms. The SMILES string of the molecule is COCc1nn(Cc2ccc(OCC(F)(F)F)cc2)c(=O)n1C. The number of ether oxygens (including phenoxy) is 2. The van der Waals surface area contributed by atoms with Crippen molar-refractivity contribution in [3.8, 4) is 5.75 Å². The number of alkyl halides is 3. The summed E-state index contributed by atoms with van der Waals surface area (Å²) in [4.78, 5) is 12.0. The van der Waals surface area contributed by atoms with Crippen LogP contribution in [-0.2, 0) is 24.9 Å². The fourth-order valence-electron chi connectivity index (χ4n) is 1.92. The molecule has 6 nitrogen and oxygen atoms in total. The van der Waals surface area contributed by atoms with Gasteiger partial charge in [-0.25, -0.2) is 9.48 Å². The van der Waals surface area contributed by atoms with E-state index < -0.39 is 12.8 Å². The molecular formula is C14H16F3N3O3. The first-order chi connectivity index (χ1) is 10.8. The lowest BCUT2D eigenvalue weighted by atomic mass is 10.2. The van der Waals surface area contributed by atoms with Gasteiger partial charge < -0.3 is 9.47 Å². The first kappa shape index (κ1) is 17.1. The summed E-state index contributed by atoms with van der Waals surface area (Å²) in [7, 11) is 3.09. The molecule has 9 heteroatoms. The number of halogens is 3. The highest BCUT2D eigenvalue weighted by Gasteiger charge is 2.28. The molecule has 0 N–H and O–H groups in total. The molecule has 126 valence electrons. The molecule has 0 amide bonds. The van der Waals surface area contributed by atoms with Crippen molar-refractivity contribution in [2.45, 2.75) is 19.3 Å². The van der Waals surface area contributed by atoms with Crippen LogP contribution in [0.15, 0.2) is 29.1 Å². The van der Waals surface area contributed by atoms with Gasteiger partial charge >= 0.3 is 11.9 Å². The fraction of sp³-hybridized carbons (Fsp3) is 0.429. The van der Waals surface area contributed by atoms with Crippen LogP contribution >= 0.6 is 0 Å². The van der Waals surface area contributed by atoms with Crippen LogP contribution in [-0.4, -0.2) is 34.2 Å². The van der Waals surface area contributed by atoms with Crippen molar-refractivity contribution in [1.29, 1.82) is 0 Å². The van der Waals surface area contributed by atoms with Crippen LogP contribution < -0.4 is 10.4 Å². The second-order valence-corrected chi connectivity index (χ2v) is 4.90. The average Bonchev–Trinajstić information content (AvgIpc) is 2.75. The number of aromatic nitrogens is 3. The zero-order valence-electron chi connectivity index (χ0n) is 12.6. The number of hydrogen-bond acceptors (Lipinski definition) is 4. The van der Waals surface area contributed by atoms with Crippen molar-refractivity contribution in [3.05, 3.63) is 46.1 Å². The molecule has 0 aliphatic heterocycles. The van der Waals surface area contributed by atoms with Gasteiger partial charge in [0.05, 0.1) is 6.54 Å². The summed E-state index contributed by atoms with van der Waals surface area (Å²) in [6.45, 7) is -0.925. The molecule has 23 heavy (non-hydrogen) atoms. The Hall–Kier alpha value is -2.29. The van der Waals surface area contributed by atoms with E-state index in [-0.39, 0.29) is 24.6 Å². The van der Waals surface area contributed by atoms with Crippen molar-refractivity contribution in [2.24, 2.45) is 7.05 Å². The van der Waals surface area contributed by atoms with E-state index >= 15 is 0 Å². The lowest BCUT2D eigenvalue weighted by Crippen LogP contribution is -2.23. The van der Waals surface area contributed by atoms with Gasteiger partial charge in [-0.3, -0.25) is 4.57 Å². The predicted octanol–water partition coefficient (Wildman–Crippen LogP) is 1.72. The Kier molecular flexibility index (Phi) is 5.09. The molecule has 0 atom stereocenters. The Morgan fingerprint density at radius 1 is 1.22 bits per heavy atom. The Morgan fingerprint density at radius 3 is 2.43 bits per heavy atom. The Morgan fingerprint density at radius 2 is 1.87 bits per heavy atom. The van der Waals surface area contributed by atoms with Gasteiger partial charge in [0, 0.05) is 14.2 Å². The molecule has 1 aromatic carbocycles. The van der Waals surface area contributed by atoms with E-state index in [2.05, 4.69) is 9.84 Å². The Labute approximate surface area is 130 Å². The zero-order valence-corrected chi connectivity index (χ0v) is 12.6. The van der Waals surface area contributed by atoms with E-state index in [0.29, 0.717) is 11.4 Å². The minimum absolute atomic E-state index is 0.111. The van der Waals surface area contributed by atoms with E-state index in [1.165, 1.54) is 28.5 Å². The standard InChI is InChI=1S/C14H16F3N3O3/c1-19-12(8-22-2)18-20(13(19)21)7-10-3-5-11(6-4-10)23-9-14(15,16)17/h3-6H,7-9H2,1-2H3. The monoisotopic (exact) mass is 331 g/mol. The van der Waals surface area contributed by atoms with Crippen LogP contribution in [0.5, 0.6) is 5.75 Å². The van der Waals surface area contributed by atoms with Gasteiger partial charge in [-0.15, -0.1) is 0 Å². The number of benzene rings is 1. The van der Waals surface area contributed by atoms with Crippen LogP contribution in [0.1, 0.15) is 11.4 Å². The summed E-state index contributed by atoms with van der Waals surface area (Å²) in [6, 6.07) is 6.02. The molecule has 0 saturated carbocycles. The van der Waals surface area contributed by atoms with Crippen molar-refractivity contribution in [1.82, 2.24) is 14.3 Å². The molecule has 0 spiro atoms. The third-order valence-electron chi connectivity index (χ3n) is 3.06. The van der Waals surface area contributed by atoms with E-state index in [1.54, 1.807) is 19.2 Å². The third kappa shape index (κ3) is 4.59. The van der Waals surface area contributed by atoms with Crippen LogP contribution in [0.2, 0.25) is 0 Å². The Balaban J connectivity index is 2.07. The summed E-state index contributed by atoms with van der Waals surface area (Å²) in [5.41, 5.74) is 0.419. The van der Waals surface area contributed by atoms with Crippen LogP contribution in [0, 0.1) is 0 Å². The summed E-state index contributed by atoms with van der Waals surface area (Å²) < 4.78 is 48.4. The van der Waals surface area contributed by atoms with Crippen molar-refractivity contribution < 1.29 is 22.6 Å². The van der Waals surface area contributed by atoms with Gasteiger partial charge in [0.15, 0.2) is 12.4 Å². The number of nitrogens with zero attached hydrogens (tertiary/aromatic N) is 3. The van der Waals surface area contributed by atoms with E-state index in [1.807, 2.05) is 0 Å². The highest BCUT2D eigenvalue weighted by atomic mass is 19.4. The molecule has 0 aliphatic carbocycles. The maximum atomic E-state index is 12.1. The molecular weight excluding hydrogens is 315 g/mol. The van der Waals surface area contributed by atoms with Gasteiger partial charge in [0.25, 0.3) is 0 Å². The molecule has 1 aromatic heterocycles. The molecule has 0 radical (unpaired) electrons. The van der Waals surface area contributed by atoms with E-state index in [4.69, 9.17) is 4.74 Å². The zero-order chi connectivity index (χ0) is 17.0. The molecule has 1 heterocycles. The first-order valence-electron chi connectivity index (χ1n) is 6.70. The van der Waals surface area contributed by atoms with Crippen molar-refractivity contribution >= 4 is 0 Å². The van der Waals surface area contributed by atoms with Gasteiger partial charge in [-0.2, -0.15) is 18.3 Å². The number of methoxy groups -OCH3 is 1. The minimum atomic E-state index is -4.38. The summed E-state index contributed by atoms with van der Waals surface area (Å²) in [5, 5.41) is 4.15. The molecule has 0 fully saturated rings. The van der Waals surface area contributed by atoms with Gasteiger partial charge in [0.2, 0.25) is 0 Å². The maximum Gasteiger partial charge on any atom is 0.422 e. The van der Waals surface area contributed by atoms with Gasteiger partial charge in [0.1, 0.15) is 12.4 Å². The topological polar surface area (TPSA) is 58.3 Å². The lowest BCUT2D eigenvalue weighted by molar-refractivity contribution is -0.153. The summed E-state index contributed by atoms with van der Waals surface area (Å²) >= 11 is 0. The summed E-state index contributed by atoms with van der Waals surface area (Å²) in [6.07, 6.45) is -4.38. The smallest absolute Gasteiger partial charge is 0.422 e. The van der Waals surface area contributed by atoms with Crippen LogP contribution in [0.4, 0.5) is 13.2 Å². The Bertz CT molecular complexity index is 705. The second kappa shape index (κ2) is 6.86. The highest BCUT2D eigenvalue weighted by molar-refractivity contribution is 5.27. The average molecular weight is 331 g/mol. The maximum absolute atomic E-state index is 12.1. The summed E-state index contributed by atoms with van der Waals surface area (Å²) in [5.74, 6) is 0.599.